The average molecular weight is 275 g/mol. The summed E-state index contributed by atoms with van der Waals surface area (Å²) in [5, 5.41) is 12.2. The molecule has 20 heavy (non-hydrogen) atoms. The first-order valence-corrected chi connectivity index (χ1v) is 6.96. The van der Waals surface area contributed by atoms with Crippen LogP contribution >= 0.6 is 0 Å². The Kier molecular flexibility index (Phi) is 5.18. The van der Waals surface area contributed by atoms with Gasteiger partial charge in [-0.2, -0.15) is 0 Å². The minimum absolute atomic E-state index is 0.0995. The molecular formula is C16H21NO3. The lowest BCUT2D eigenvalue weighted by Gasteiger charge is -2.17. The van der Waals surface area contributed by atoms with Crippen LogP contribution in [0.4, 0.5) is 0 Å². The van der Waals surface area contributed by atoms with Gasteiger partial charge in [0.15, 0.2) is 0 Å². The Morgan fingerprint density at radius 3 is 3.10 bits per heavy atom. The SMILES string of the molecule is COc1cccc(/C=C/C(=O)NC2CCCC2CO)c1. The van der Waals surface area contributed by atoms with E-state index in [2.05, 4.69) is 5.32 Å². The zero-order chi connectivity index (χ0) is 14.4. The molecule has 1 fully saturated rings. The summed E-state index contributed by atoms with van der Waals surface area (Å²) in [4.78, 5) is 11.9. The quantitative estimate of drug-likeness (QED) is 0.808. The molecule has 1 aliphatic carbocycles. The summed E-state index contributed by atoms with van der Waals surface area (Å²) in [6.45, 7) is 0.143. The van der Waals surface area contributed by atoms with E-state index < -0.39 is 0 Å². The van der Waals surface area contributed by atoms with Crippen LogP contribution in [0, 0.1) is 5.92 Å². The summed E-state index contributed by atoms with van der Waals surface area (Å²) in [5.74, 6) is 0.853. The second kappa shape index (κ2) is 7.10. The van der Waals surface area contributed by atoms with Gasteiger partial charge in [0.25, 0.3) is 0 Å². The van der Waals surface area contributed by atoms with Gasteiger partial charge in [0.2, 0.25) is 5.91 Å². The number of benzene rings is 1. The smallest absolute Gasteiger partial charge is 0.244 e. The number of amides is 1. The molecule has 1 aromatic carbocycles. The van der Waals surface area contributed by atoms with Crippen molar-refractivity contribution in [1.82, 2.24) is 5.32 Å². The number of rotatable bonds is 5. The van der Waals surface area contributed by atoms with Gasteiger partial charge >= 0.3 is 0 Å². The summed E-state index contributed by atoms with van der Waals surface area (Å²) in [6.07, 6.45) is 6.29. The van der Waals surface area contributed by atoms with E-state index in [1.54, 1.807) is 13.2 Å². The lowest BCUT2D eigenvalue weighted by Crippen LogP contribution is -2.37. The van der Waals surface area contributed by atoms with Crippen molar-refractivity contribution in [3.63, 3.8) is 0 Å². The maximum Gasteiger partial charge on any atom is 0.244 e. The first kappa shape index (κ1) is 14.6. The number of nitrogens with one attached hydrogen (secondary N) is 1. The van der Waals surface area contributed by atoms with Crippen molar-refractivity contribution in [2.24, 2.45) is 5.92 Å². The molecule has 2 N–H and O–H groups in total. The Bertz CT molecular complexity index is 484. The minimum Gasteiger partial charge on any atom is -0.497 e. The van der Waals surface area contributed by atoms with Crippen LogP contribution in [0.3, 0.4) is 0 Å². The van der Waals surface area contributed by atoms with Crippen LogP contribution < -0.4 is 10.1 Å². The third-order valence-corrected chi connectivity index (χ3v) is 3.74. The fourth-order valence-corrected chi connectivity index (χ4v) is 2.59. The van der Waals surface area contributed by atoms with E-state index in [9.17, 15) is 9.90 Å². The van der Waals surface area contributed by atoms with Crippen LogP contribution in [-0.4, -0.2) is 30.8 Å². The molecule has 0 aliphatic heterocycles. The van der Waals surface area contributed by atoms with Gasteiger partial charge in [-0.05, 0) is 36.6 Å². The average Bonchev–Trinajstić information content (AvgIpc) is 2.92. The summed E-state index contributed by atoms with van der Waals surface area (Å²) in [5.41, 5.74) is 0.921. The number of aliphatic hydroxyl groups excluding tert-OH is 1. The molecule has 1 aromatic rings. The topological polar surface area (TPSA) is 58.6 Å². The van der Waals surface area contributed by atoms with Gasteiger partial charge in [-0.3, -0.25) is 4.79 Å². The molecule has 1 aliphatic rings. The third kappa shape index (κ3) is 3.84. The van der Waals surface area contributed by atoms with Crippen LogP contribution in [-0.2, 0) is 4.79 Å². The number of carbonyl (C=O) groups excluding carboxylic acids is 1. The largest absolute Gasteiger partial charge is 0.497 e. The Morgan fingerprint density at radius 2 is 2.35 bits per heavy atom. The minimum atomic E-state index is -0.113. The van der Waals surface area contributed by atoms with Crippen LogP contribution in [0.15, 0.2) is 30.3 Å². The van der Waals surface area contributed by atoms with Crippen molar-refractivity contribution in [1.29, 1.82) is 0 Å². The van der Waals surface area contributed by atoms with Crippen LogP contribution in [0.2, 0.25) is 0 Å². The standard InChI is InChI=1S/C16H21NO3/c1-20-14-6-2-4-12(10-14)8-9-16(19)17-15-7-3-5-13(15)11-18/h2,4,6,8-10,13,15,18H,3,5,7,11H2,1H3,(H,17,19)/b9-8+. The van der Waals surface area contributed by atoms with E-state index >= 15 is 0 Å². The highest BCUT2D eigenvalue weighted by atomic mass is 16.5. The first-order chi connectivity index (χ1) is 9.72. The molecule has 0 radical (unpaired) electrons. The number of ether oxygens (including phenoxy) is 1. The predicted molar refractivity (Wildman–Crippen MR) is 78.4 cm³/mol. The molecule has 1 amide bonds. The second-order valence-corrected chi connectivity index (χ2v) is 5.10. The third-order valence-electron chi connectivity index (χ3n) is 3.74. The Hall–Kier alpha value is -1.81. The Morgan fingerprint density at radius 1 is 1.50 bits per heavy atom. The number of carbonyl (C=O) groups is 1. The van der Waals surface area contributed by atoms with Gasteiger partial charge in [0.1, 0.15) is 5.75 Å². The van der Waals surface area contributed by atoms with E-state index in [0.717, 1.165) is 30.6 Å². The summed E-state index contributed by atoms with van der Waals surface area (Å²) in [7, 11) is 1.62. The molecule has 0 spiro atoms. The number of methoxy groups -OCH3 is 1. The fraction of sp³-hybridized carbons (Fsp3) is 0.438. The number of hydrogen-bond acceptors (Lipinski definition) is 3. The molecule has 108 valence electrons. The molecule has 2 rings (SSSR count). The van der Waals surface area contributed by atoms with E-state index in [0.29, 0.717) is 0 Å². The maximum atomic E-state index is 11.9. The van der Waals surface area contributed by atoms with Crippen molar-refractivity contribution in [3.05, 3.63) is 35.9 Å². The highest BCUT2D eigenvalue weighted by molar-refractivity contribution is 5.92. The molecule has 2 atom stereocenters. The van der Waals surface area contributed by atoms with Gasteiger partial charge in [-0.1, -0.05) is 18.6 Å². The Labute approximate surface area is 119 Å². The Balaban J connectivity index is 1.91. The summed E-state index contributed by atoms with van der Waals surface area (Å²) < 4.78 is 5.14. The molecule has 4 heteroatoms. The zero-order valence-corrected chi connectivity index (χ0v) is 11.7. The summed E-state index contributed by atoms with van der Waals surface area (Å²) in [6, 6.07) is 7.63. The van der Waals surface area contributed by atoms with Crippen molar-refractivity contribution in [2.45, 2.75) is 25.3 Å². The second-order valence-electron chi connectivity index (χ2n) is 5.10. The predicted octanol–water partition coefficient (Wildman–Crippen LogP) is 1.99. The molecule has 1 saturated carbocycles. The fourth-order valence-electron chi connectivity index (χ4n) is 2.59. The zero-order valence-electron chi connectivity index (χ0n) is 11.7. The molecule has 0 bridgehead atoms. The summed E-state index contributed by atoms with van der Waals surface area (Å²) >= 11 is 0. The highest BCUT2D eigenvalue weighted by Crippen LogP contribution is 2.25. The van der Waals surface area contributed by atoms with Crippen molar-refractivity contribution in [2.75, 3.05) is 13.7 Å². The molecule has 0 heterocycles. The lowest BCUT2D eigenvalue weighted by atomic mass is 10.1. The monoisotopic (exact) mass is 275 g/mol. The van der Waals surface area contributed by atoms with Gasteiger partial charge in [-0.25, -0.2) is 0 Å². The van der Waals surface area contributed by atoms with Crippen molar-refractivity contribution >= 4 is 12.0 Å². The highest BCUT2D eigenvalue weighted by Gasteiger charge is 2.27. The molecule has 0 saturated heterocycles. The van der Waals surface area contributed by atoms with E-state index in [-0.39, 0.29) is 24.5 Å². The van der Waals surface area contributed by atoms with Crippen molar-refractivity contribution < 1.29 is 14.6 Å². The van der Waals surface area contributed by atoms with Crippen LogP contribution in [0.1, 0.15) is 24.8 Å². The number of aliphatic hydroxyl groups is 1. The normalized spacial score (nSPS) is 22.1. The number of hydrogen-bond donors (Lipinski definition) is 2. The van der Waals surface area contributed by atoms with Crippen LogP contribution in [0.25, 0.3) is 6.08 Å². The first-order valence-electron chi connectivity index (χ1n) is 6.96. The van der Waals surface area contributed by atoms with Gasteiger partial charge < -0.3 is 15.2 Å². The van der Waals surface area contributed by atoms with Crippen molar-refractivity contribution in [3.8, 4) is 5.75 Å². The molecule has 0 aromatic heterocycles. The van der Waals surface area contributed by atoms with E-state index in [1.165, 1.54) is 6.08 Å². The molecular weight excluding hydrogens is 254 g/mol. The van der Waals surface area contributed by atoms with Gasteiger partial charge in [0, 0.05) is 24.6 Å². The van der Waals surface area contributed by atoms with E-state index in [4.69, 9.17) is 4.74 Å². The maximum absolute atomic E-state index is 11.9. The van der Waals surface area contributed by atoms with Crippen LogP contribution in [0.5, 0.6) is 5.75 Å². The van der Waals surface area contributed by atoms with Gasteiger partial charge in [-0.15, -0.1) is 0 Å². The lowest BCUT2D eigenvalue weighted by molar-refractivity contribution is -0.117. The van der Waals surface area contributed by atoms with E-state index in [1.807, 2.05) is 24.3 Å². The molecule has 4 nitrogen and oxygen atoms in total. The molecule has 2 unspecified atom stereocenters. The van der Waals surface area contributed by atoms with Gasteiger partial charge in [0.05, 0.1) is 7.11 Å².